The van der Waals surface area contributed by atoms with Crippen LogP contribution in [0.4, 0.5) is 0 Å². The zero-order valence-electron chi connectivity index (χ0n) is 12.5. The number of aromatic nitrogens is 3. The Labute approximate surface area is 134 Å². The molecular formula is C15H21ClN4S. The Hall–Kier alpha value is -0.780. The van der Waals surface area contributed by atoms with Crippen LogP contribution < -0.4 is 0 Å². The molecule has 2 aromatic rings. The minimum Gasteiger partial charge on any atom is -0.310 e. The molecule has 0 radical (unpaired) electrons. The van der Waals surface area contributed by atoms with Crippen molar-refractivity contribution in [3.05, 3.63) is 23.7 Å². The van der Waals surface area contributed by atoms with E-state index in [-0.39, 0.29) is 5.38 Å². The number of pyridine rings is 1. The molecule has 21 heavy (non-hydrogen) atoms. The van der Waals surface area contributed by atoms with Crippen LogP contribution in [0, 0.1) is 6.92 Å². The lowest BCUT2D eigenvalue weighted by molar-refractivity contribution is 0.289. The Morgan fingerprint density at radius 1 is 1.33 bits per heavy atom. The second kappa shape index (κ2) is 6.55. The van der Waals surface area contributed by atoms with Gasteiger partial charge >= 0.3 is 0 Å². The summed E-state index contributed by atoms with van der Waals surface area (Å²) in [4.78, 5) is 11.8. The minimum absolute atomic E-state index is 0.101. The average molecular weight is 325 g/mol. The number of nitrogens with zero attached hydrogens (tertiary/aromatic N) is 4. The Morgan fingerprint density at radius 2 is 2.10 bits per heavy atom. The van der Waals surface area contributed by atoms with Gasteiger partial charge in [0.15, 0.2) is 5.65 Å². The van der Waals surface area contributed by atoms with Crippen LogP contribution in [0.1, 0.15) is 23.7 Å². The largest absolute Gasteiger partial charge is 0.310 e. The predicted octanol–water partition coefficient (Wildman–Crippen LogP) is 3.09. The number of alkyl halides is 1. The molecular weight excluding hydrogens is 304 g/mol. The van der Waals surface area contributed by atoms with Gasteiger partial charge in [-0.15, -0.1) is 11.6 Å². The van der Waals surface area contributed by atoms with Gasteiger partial charge in [0, 0.05) is 43.9 Å². The molecule has 1 fully saturated rings. The van der Waals surface area contributed by atoms with Crippen molar-refractivity contribution >= 4 is 34.5 Å². The highest BCUT2D eigenvalue weighted by atomic mass is 35.5. The molecule has 1 aliphatic heterocycles. The van der Waals surface area contributed by atoms with Crippen molar-refractivity contribution in [3.63, 3.8) is 0 Å². The molecule has 1 unspecified atom stereocenters. The van der Waals surface area contributed by atoms with Gasteiger partial charge < -0.3 is 4.57 Å². The van der Waals surface area contributed by atoms with E-state index in [1.54, 1.807) is 0 Å². The van der Waals surface area contributed by atoms with Crippen LogP contribution in [0.5, 0.6) is 0 Å². The van der Waals surface area contributed by atoms with Crippen LogP contribution in [0.15, 0.2) is 12.3 Å². The molecule has 1 atom stereocenters. The molecule has 114 valence electrons. The summed E-state index contributed by atoms with van der Waals surface area (Å²) in [6, 6.07) is 2.08. The lowest BCUT2D eigenvalue weighted by atomic mass is 10.3. The summed E-state index contributed by atoms with van der Waals surface area (Å²) < 4.78 is 2.19. The van der Waals surface area contributed by atoms with Gasteiger partial charge in [-0.2, -0.15) is 11.8 Å². The lowest BCUT2D eigenvalue weighted by Crippen LogP contribution is -2.35. The van der Waals surface area contributed by atoms with Crippen molar-refractivity contribution in [2.45, 2.75) is 25.8 Å². The van der Waals surface area contributed by atoms with E-state index in [1.807, 2.05) is 31.8 Å². The summed E-state index contributed by atoms with van der Waals surface area (Å²) in [7, 11) is 0. The van der Waals surface area contributed by atoms with Gasteiger partial charge in [-0.3, -0.25) is 4.90 Å². The van der Waals surface area contributed by atoms with E-state index in [1.165, 1.54) is 24.6 Å². The molecule has 1 aliphatic rings. The zero-order valence-corrected chi connectivity index (χ0v) is 14.1. The van der Waals surface area contributed by atoms with E-state index in [0.29, 0.717) is 0 Å². The fourth-order valence-corrected chi connectivity index (χ4v) is 3.86. The van der Waals surface area contributed by atoms with Gasteiger partial charge in [0.25, 0.3) is 0 Å². The van der Waals surface area contributed by atoms with E-state index >= 15 is 0 Å². The molecule has 0 aliphatic carbocycles. The molecule has 0 amide bonds. The van der Waals surface area contributed by atoms with Crippen LogP contribution >= 0.6 is 23.4 Å². The van der Waals surface area contributed by atoms with Crippen LogP contribution in [0.2, 0.25) is 0 Å². The molecule has 0 saturated carbocycles. The predicted molar refractivity (Wildman–Crippen MR) is 90.3 cm³/mol. The summed E-state index contributed by atoms with van der Waals surface area (Å²) in [5, 5.41) is -0.101. The molecule has 1 saturated heterocycles. The molecule has 0 bridgehead atoms. The van der Waals surface area contributed by atoms with Crippen molar-refractivity contribution in [2.24, 2.45) is 0 Å². The summed E-state index contributed by atoms with van der Waals surface area (Å²) in [6.45, 7) is 8.32. The van der Waals surface area contributed by atoms with Gasteiger partial charge in [-0.25, -0.2) is 9.97 Å². The van der Waals surface area contributed by atoms with E-state index in [4.69, 9.17) is 11.6 Å². The number of hydrogen-bond acceptors (Lipinski definition) is 4. The minimum atomic E-state index is -0.101. The summed E-state index contributed by atoms with van der Waals surface area (Å²) in [6.07, 6.45) is 1.90. The van der Waals surface area contributed by atoms with Crippen molar-refractivity contribution in [1.29, 1.82) is 0 Å². The van der Waals surface area contributed by atoms with E-state index < -0.39 is 0 Å². The lowest BCUT2D eigenvalue weighted by Gasteiger charge is -2.26. The number of hydrogen-bond donors (Lipinski definition) is 0. The number of fused-ring (bicyclic) bond motifs is 1. The molecule has 4 nitrogen and oxygen atoms in total. The van der Waals surface area contributed by atoms with Crippen molar-refractivity contribution in [1.82, 2.24) is 19.4 Å². The maximum atomic E-state index is 6.31. The van der Waals surface area contributed by atoms with E-state index in [2.05, 4.69) is 25.5 Å². The summed E-state index contributed by atoms with van der Waals surface area (Å²) in [5.41, 5.74) is 3.04. The van der Waals surface area contributed by atoms with Crippen LogP contribution in [-0.4, -0.2) is 50.6 Å². The maximum absolute atomic E-state index is 6.31. The highest BCUT2D eigenvalue weighted by Gasteiger charge is 2.17. The van der Waals surface area contributed by atoms with Gasteiger partial charge in [-0.1, -0.05) is 0 Å². The Kier molecular flexibility index (Phi) is 4.72. The van der Waals surface area contributed by atoms with Gasteiger partial charge in [-0.05, 0) is 25.5 Å². The third-order valence-corrected chi connectivity index (χ3v) is 4.99. The average Bonchev–Trinajstić information content (AvgIpc) is 2.84. The zero-order chi connectivity index (χ0) is 14.8. The van der Waals surface area contributed by atoms with Crippen molar-refractivity contribution in [2.75, 3.05) is 31.1 Å². The van der Waals surface area contributed by atoms with Crippen molar-refractivity contribution in [3.8, 4) is 0 Å². The first kappa shape index (κ1) is 15.1. The molecule has 3 heterocycles. The maximum Gasteiger partial charge on any atom is 0.160 e. The molecule has 0 spiro atoms. The highest BCUT2D eigenvalue weighted by molar-refractivity contribution is 7.99. The van der Waals surface area contributed by atoms with Crippen molar-refractivity contribution < 1.29 is 0 Å². The standard InChI is InChI=1S/C15H21ClN4S/c1-11-9-13-15(17-10-11)20(14(18-13)12(2)16)4-3-19-5-7-21-8-6-19/h9-10,12H,3-8H2,1-2H3. The van der Waals surface area contributed by atoms with Gasteiger partial charge in [0.1, 0.15) is 11.3 Å². The summed E-state index contributed by atoms with van der Waals surface area (Å²) in [5.74, 6) is 3.40. The Morgan fingerprint density at radius 3 is 2.81 bits per heavy atom. The van der Waals surface area contributed by atoms with Crippen LogP contribution in [-0.2, 0) is 6.54 Å². The first-order valence-corrected chi connectivity index (χ1v) is 9.01. The fraction of sp³-hybridized carbons (Fsp3) is 0.600. The van der Waals surface area contributed by atoms with Gasteiger partial charge in [0.2, 0.25) is 0 Å². The van der Waals surface area contributed by atoms with Gasteiger partial charge in [0.05, 0.1) is 5.38 Å². The quantitative estimate of drug-likeness (QED) is 0.809. The molecule has 6 heteroatoms. The number of rotatable bonds is 4. The number of thioether (sulfide) groups is 1. The SMILES string of the molecule is Cc1cnc2c(c1)nc(C(C)Cl)n2CCN1CCSCC1. The normalized spacial score (nSPS) is 18.2. The molecule has 0 aromatic carbocycles. The number of imidazole rings is 1. The van der Waals surface area contributed by atoms with Crippen LogP contribution in [0.25, 0.3) is 11.2 Å². The smallest absolute Gasteiger partial charge is 0.160 e. The monoisotopic (exact) mass is 324 g/mol. The second-order valence-electron chi connectivity index (χ2n) is 5.55. The molecule has 2 aromatic heterocycles. The van der Waals surface area contributed by atoms with E-state index in [0.717, 1.165) is 35.6 Å². The first-order valence-electron chi connectivity index (χ1n) is 7.42. The first-order chi connectivity index (χ1) is 10.1. The number of aryl methyl sites for hydroxylation is 1. The Balaban J connectivity index is 1.86. The topological polar surface area (TPSA) is 34.0 Å². The van der Waals surface area contributed by atoms with E-state index in [9.17, 15) is 0 Å². The highest BCUT2D eigenvalue weighted by Crippen LogP contribution is 2.24. The second-order valence-corrected chi connectivity index (χ2v) is 7.43. The molecule has 3 rings (SSSR count). The fourth-order valence-electron chi connectivity index (χ4n) is 2.72. The third-order valence-electron chi connectivity index (χ3n) is 3.85. The summed E-state index contributed by atoms with van der Waals surface area (Å²) >= 11 is 8.35. The molecule has 0 N–H and O–H groups in total. The van der Waals surface area contributed by atoms with Crippen LogP contribution in [0.3, 0.4) is 0 Å². The number of halogens is 1. The Bertz CT molecular complexity index is 619. The third kappa shape index (κ3) is 3.35.